The summed E-state index contributed by atoms with van der Waals surface area (Å²) in [7, 11) is 0. The van der Waals surface area contributed by atoms with Crippen molar-refractivity contribution in [2.75, 3.05) is 13.1 Å². The van der Waals surface area contributed by atoms with Gasteiger partial charge in [0.05, 0.1) is 12.1 Å². The van der Waals surface area contributed by atoms with Gasteiger partial charge in [-0.05, 0) is 50.1 Å². The number of aromatic nitrogens is 2. The van der Waals surface area contributed by atoms with Gasteiger partial charge >= 0.3 is 0 Å². The Balaban J connectivity index is 1.50. The molecule has 5 heteroatoms. The lowest BCUT2D eigenvalue weighted by Crippen LogP contribution is -2.40. The molecule has 118 valence electrons. The number of amides is 1. The number of carbonyl (C=O) groups is 1. The Bertz CT molecular complexity index is 624. The molecule has 1 aliphatic rings. The quantitative estimate of drug-likeness (QED) is 0.869. The number of aryl methyl sites for hydroxylation is 2. The first-order chi connectivity index (χ1) is 10.6. The molecule has 0 spiro atoms. The summed E-state index contributed by atoms with van der Waals surface area (Å²) in [4.78, 5) is 15.5. The SMILES string of the molecule is Cc1cc(C)n(CC2CCN(C(=O)Cc3cccs3)CC2)n1. The molecule has 0 N–H and O–H groups in total. The zero-order valence-electron chi connectivity index (χ0n) is 13.3. The lowest BCUT2D eigenvalue weighted by molar-refractivity contribution is -0.131. The summed E-state index contributed by atoms with van der Waals surface area (Å²) in [6.07, 6.45) is 2.71. The number of carbonyl (C=O) groups excluding carboxylic acids is 1. The van der Waals surface area contributed by atoms with Crippen molar-refractivity contribution in [3.05, 3.63) is 39.8 Å². The molecule has 1 saturated heterocycles. The summed E-state index contributed by atoms with van der Waals surface area (Å²) in [5.74, 6) is 0.899. The highest BCUT2D eigenvalue weighted by Crippen LogP contribution is 2.21. The molecule has 0 aromatic carbocycles. The normalized spacial score (nSPS) is 16.2. The molecule has 1 aliphatic heterocycles. The molecule has 4 nitrogen and oxygen atoms in total. The summed E-state index contributed by atoms with van der Waals surface area (Å²) in [5, 5.41) is 6.58. The summed E-state index contributed by atoms with van der Waals surface area (Å²) < 4.78 is 2.11. The van der Waals surface area contributed by atoms with Crippen LogP contribution in [0, 0.1) is 19.8 Å². The van der Waals surface area contributed by atoms with Crippen LogP contribution in [0.2, 0.25) is 0 Å². The third-order valence-electron chi connectivity index (χ3n) is 4.41. The van der Waals surface area contributed by atoms with E-state index in [-0.39, 0.29) is 5.91 Å². The molecule has 0 unspecified atom stereocenters. The number of thiophene rings is 1. The Morgan fingerprint density at radius 2 is 2.14 bits per heavy atom. The first-order valence-electron chi connectivity index (χ1n) is 7.93. The van der Waals surface area contributed by atoms with Crippen LogP contribution in [-0.4, -0.2) is 33.7 Å². The molecule has 0 radical (unpaired) electrons. The van der Waals surface area contributed by atoms with Crippen molar-refractivity contribution >= 4 is 17.2 Å². The van der Waals surface area contributed by atoms with Crippen LogP contribution >= 0.6 is 11.3 Å². The van der Waals surface area contributed by atoms with Gasteiger partial charge in [0.1, 0.15) is 0 Å². The van der Waals surface area contributed by atoms with E-state index in [1.54, 1.807) is 11.3 Å². The Labute approximate surface area is 135 Å². The molecule has 1 fully saturated rings. The molecule has 22 heavy (non-hydrogen) atoms. The van der Waals surface area contributed by atoms with Gasteiger partial charge in [-0.2, -0.15) is 5.10 Å². The van der Waals surface area contributed by atoms with Crippen molar-refractivity contribution in [1.29, 1.82) is 0 Å². The van der Waals surface area contributed by atoms with Crippen LogP contribution in [0.3, 0.4) is 0 Å². The fourth-order valence-electron chi connectivity index (χ4n) is 3.14. The molecule has 0 saturated carbocycles. The van der Waals surface area contributed by atoms with Gasteiger partial charge in [0.2, 0.25) is 5.91 Å². The Morgan fingerprint density at radius 3 is 2.73 bits per heavy atom. The van der Waals surface area contributed by atoms with Crippen molar-refractivity contribution in [1.82, 2.24) is 14.7 Å². The smallest absolute Gasteiger partial charge is 0.227 e. The molecular weight excluding hydrogens is 294 g/mol. The van der Waals surface area contributed by atoms with Crippen LogP contribution in [0.15, 0.2) is 23.6 Å². The number of piperidine rings is 1. The molecular formula is C17H23N3OS. The number of hydrogen-bond acceptors (Lipinski definition) is 3. The van der Waals surface area contributed by atoms with E-state index in [1.165, 1.54) is 5.69 Å². The van der Waals surface area contributed by atoms with Gasteiger partial charge in [-0.1, -0.05) is 6.07 Å². The molecule has 0 bridgehead atoms. The zero-order chi connectivity index (χ0) is 15.5. The molecule has 3 rings (SSSR count). The van der Waals surface area contributed by atoms with E-state index < -0.39 is 0 Å². The largest absolute Gasteiger partial charge is 0.342 e. The number of likely N-dealkylation sites (tertiary alicyclic amines) is 1. The standard InChI is InChI=1S/C17H23N3OS/c1-13-10-14(2)20(18-13)12-15-5-7-19(8-6-15)17(21)11-16-4-3-9-22-16/h3-4,9-10,15H,5-8,11-12H2,1-2H3. The second-order valence-corrected chi connectivity index (χ2v) is 7.22. The van der Waals surface area contributed by atoms with Gasteiger partial charge in [-0.25, -0.2) is 0 Å². The Morgan fingerprint density at radius 1 is 1.36 bits per heavy atom. The van der Waals surface area contributed by atoms with E-state index in [4.69, 9.17) is 0 Å². The monoisotopic (exact) mass is 317 g/mol. The Kier molecular flexibility index (Phi) is 4.62. The molecule has 0 atom stereocenters. The summed E-state index contributed by atoms with van der Waals surface area (Å²) in [6, 6.07) is 6.17. The molecule has 2 aromatic rings. The van der Waals surface area contributed by atoms with Crippen LogP contribution in [0.4, 0.5) is 0 Å². The molecule has 2 aromatic heterocycles. The average molecular weight is 317 g/mol. The van der Waals surface area contributed by atoms with E-state index in [0.29, 0.717) is 12.3 Å². The van der Waals surface area contributed by atoms with Crippen molar-refractivity contribution in [2.45, 2.75) is 39.7 Å². The van der Waals surface area contributed by atoms with Gasteiger partial charge in [0, 0.05) is 30.2 Å². The number of rotatable bonds is 4. The van der Waals surface area contributed by atoms with Gasteiger partial charge in [0.25, 0.3) is 0 Å². The number of nitrogens with zero attached hydrogens (tertiary/aromatic N) is 3. The van der Waals surface area contributed by atoms with Crippen molar-refractivity contribution in [3.63, 3.8) is 0 Å². The fourth-order valence-corrected chi connectivity index (χ4v) is 3.84. The number of hydrogen-bond donors (Lipinski definition) is 0. The van der Waals surface area contributed by atoms with E-state index in [0.717, 1.165) is 43.0 Å². The lowest BCUT2D eigenvalue weighted by Gasteiger charge is -2.32. The highest BCUT2D eigenvalue weighted by molar-refractivity contribution is 7.10. The van der Waals surface area contributed by atoms with Crippen molar-refractivity contribution in [2.24, 2.45) is 5.92 Å². The Hall–Kier alpha value is -1.62. The molecule has 1 amide bonds. The summed E-state index contributed by atoms with van der Waals surface area (Å²) >= 11 is 1.66. The van der Waals surface area contributed by atoms with Crippen LogP contribution in [0.1, 0.15) is 29.1 Å². The van der Waals surface area contributed by atoms with Crippen LogP contribution in [0.5, 0.6) is 0 Å². The van der Waals surface area contributed by atoms with Gasteiger partial charge < -0.3 is 4.90 Å². The highest BCUT2D eigenvalue weighted by atomic mass is 32.1. The van der Waals surface area contributed by atoms with E-state index in [2.05, 4.69) is 22.8 Å². The van der Waals surface area contributed by atoms with Crippen molar-refractivity contribution < 1.29 is 4.79 Å². The van der Waals surface area contributed by atoms with E-state index >= 15 is 0 Å². The second kappa shape index (κ2) is 6.65. The average Bonchev–Trinajstić information content (AvgIpc) is 3.10. The minimum absolute atomic E-state index is 0.270. The first kappa shape index (κ1) is 15.3. The van der Waals surface area contributed by atoms with Crippen LogP contribution in [0.25, 0.3) is 0 Å². The minimum atomic E-state index is 0.270. The first-order valence-corrected chi connectivity index (χ1v) is 8.81. The fraction of sp³-hybridized carbons (Fsp3) is 0.529. The van der Waals surface area contributed by atoms with Crippen LogP contribution in [-0.2, 0) is 17.8 Å². The molecule has 0 aliphatic carbocycles. The van der Waals surface area contributed by atoms with E-state index in [1.807, 2.05) is 29.3 Å². The third-order valence-corrected chi connectivity index (χ3v) is 5.28. The van der Waals surface area contributed by atoms with Crippen LogP contribution < -0.4 is 0 Å². The third kappa shape index (κ3) is 3.58. The van der Waals surface area contributed by atoms with Gasteiger partial charge in [0.15, 0.2) is 0 Å². The molecule has 3 heterocycles. The predicted octanol–water partition coefficient (Wildman–Crippen LogP) is 3.04. The van der Waals surface area contributed by atoms with Gasteiger partial charge in [-0.3, -0.25) is 9.48 Å². The maximum atomic E-state index is 12.3. The van der Waals surface area contributed by atoms with Gasteiger partial charge in [-0.15, -0.1) is 11.3 Å². The van der Waals surface area contributed by atoms with Crippen molar-refractivity contribution in [3.8, 4) is 0 Å². The maximum absolute atomic E-state index is 12.3. The topological polar surface area (TPSA) is 38.1 Å². The summed E-state index contributed by atoms with van der Waals surface area (Å²) in [6.45, 7) is 6.89. The predicted molar refractivity (Wildman–Crippen MR) is 89.0 cm³/mol. The maximum Gasteiger partial charge on any atom is 0.227 e. The second-order valence-electron chi connectivity index (χ2n) is 6.19. The highest BCUT2D eigenvalue weighted by Gasteiger charge is 2.23. The lowest BCUT2D eigenvalue weighted by atomic mass is 9.96. The summed E-state index contributed by atoms with van der Waals surface area (Å²) in [5.41, 5.74) is 2.31. The zero-order valence-corrected chi connectivity index (χ0v) is 14.1. The minimum Gasteiger partial charge on any atom is -0.342 e. The van der Waals surface area contributed by atoms with E-state index in [9.17, 15) is 4.79 Å².